The molecule has 0 saturated carbocycles. The van der Waals surface area contributed by atoms with E-state index in [0.717, 1.165) is 0 Å². The van der Waals surface area contributed by atoms with Crippen LogP contribution in [0, 0.1) is 5.82 Å². The molecule has 2 aromatic rings. The third kappa shape index (κ3) is 4.15. The van der Waals surface area contributed by atoms with Crippen molar-refractivity contribution in [3.63, 3.8) is 0 Å². The molecule has 0 spiro atoms. The van der Waals surface area contributed by atoms with Gasteiger partial charge in [0.25, 0.3) is 0 Å². The number of rotatable bonds is 3. The van der Waals surface area contributed by atoms with Crippen LogP contribution >= 0.6 is 11.6 Å². The maximum atomic E-state index is 12.7. The first-order chi connectivity index (χ1) is 9.13. The molecule has 0 aliphatic heterocycles. The zero-order valence-corrected chi connectivity index (χ0v) is 10.4. The van der Waals surface area contributed by atoms with E-state index < -0.39 is 0 Å². The number of hydrogen-bond donors (Lipinski definition) is 1. The van der Waals surface area contributed by atoms with Gasteiger partial charge in [0.15, 0.2) is 5.82 Å². The van der Waals surface area contributed by atoms with Crippen molar-refractivity contribution in [3.8, 4) is 0 Å². The van der Waals surface area contributed by atoms with Gasteiger partial charge in [0.2, 0.25) is 5.91 Å². The summed E-state index contributed by atoms with van der Waals surface area (Å²) in [5, 5.41) is 2.70. The average Bonchev–Trinajstić information content (AvgIpc) is 2.38. The largest absolute Gasteiger partial charge is 0.306 e. The minimum absolute atomic E-state index is 0.195. The Morgan fingerprint density at radius 3 is 2.68 bits per heavy atom. The van der Waals surface area contributed by atoms with Crippen LogP contribution in [0.2, 0.25) is 5.15 Å². The highest BCUT2D eigenvalue weighted by molar-refractivity contribution is 6.29. The van der Waals surface area contributed by atoms with Gasteiger partial charge < -0.3 is 5.32 Å². The molecule has 0 aliphatic rings. The second-order valence-electron chi connectivity index (χ2n) is 3.60. The maximum Gasteiger partial charge on any atom is 0.249 e. The van der Waals surface area contributed by atoms with Gasteiger partial charge in [0.05, 0.1) is 12.4 Å². The topological polar surface area (TPSA) is 54.9 Å². The Labute approximate surface area is 114 Å². The summed E-state index contributed by atoms with van der Waals surface area (Å²) in [5.74, 6) is -0.432. The summed E-state index contributed by atoms with van der Waals surface area (Å²) < 4.78 is 12.7. The molecular formula is C13H9ClFN3O. The van der Waals surface area contributed by atoms with Crippen LogP contribution in [0.5, 0.6) is 0 Å². The number of nitrogens with one attached hydrogen (secondary N) is 1. The van der Waals surface area contributed by atoms with Crippen molar-refractivity contribution in [2.75, 3.05) is 5.32 Å². The number of carbonyl (C=O) groups is 1. The molecule has 1 N–H and O–H groups in total. The van der Waals surface area contributed by atoms with Gasteiger partial charge in [-0.1, -0.05) is 23.7 Å². The van der Waals surface area contributed by atoms with E-state index in [9.17, 15) is 9.18 Å². The number of benzene rings is 1. The molecule has 96 valence electrons. The Balaban J connectivity index is 1.99. The van der Waals surface area contributed by atoms with Crippen molar-refractivity contribution in [2.24, 2.45) is 0 Å². The molecule has 6 heteroatoms. The van der Waals surface area contributed by atoms with E-state index >= 15 is 0 Å². The standard InChI is InChI=1S/C13H9ClFN3O/c14-11-7-16-8-12(17-11)18-13(19)6-3-9-1-4-10(15)5-2-9/h1-8H,(H,17,18,19)/b6-3+. The van der Waals surface area contributed by atoms with E-state index in [2.05, 4.69) is 15.3 Å². The maximum absolute atomic E-state index is 12.7. The summed E-state index contributed by atoms with van der Waals surface area (Å²) in [7, 11) is 0. The summed E-state index contributed by atoms with van der Waals surface area (Å²) in [5.41, 5.74) is 0.716. The molecule has 0 fully saturated rings. The van der Waals surface area contributed by atoms with Crippen LogP contribution in [-0.4, -0.2) is 15.9 Å². The molecule has 0 aliphatic carbocycles. The fraction of sp³-hybridized carbons (Fsp3) is 0. The first kappa shape index (κ1) is 13.2. The summed E-state index contributed by atoms with van der Waals surface area (Å²) in [6.07, 6.45) is 5.63. The van der Waals surface area contributed by atoms with E-state index in [1.54, 1.807) is 18.2 Å². The van der Waals surface area contributed by atoms with Gasteiger partial charge in [0, 0.05) is 6.08 Å². The van der Waals surface area contributed by atoms with E-state index in [4.69, 9.17) is 11.6 Å². The normalized spacial score (nSPS) is 10.6. The molecule has 19 heavy (non-hydrogen) atoms. The first-order valence-corrected chi connectivity index (χ1v) is 5.73. The Morgan fingerprint density at radius 2 is 2.00 bits per heavy atom. The Morgan fingerprint density at radius 1 is 1.26 bits per heavy atom. The van der Waals surface area contributed by atoms with Gasteiger partial charge in [-0.15, -0.1) is 0 Å². The minimum Gasteiger partial charge on any atom is -0.306 e. The van der Waals surface area contributed by atoms with Gasteiger partial charge in [-0.25, -0.2) is 9.37 Å². The van der Waals surface area contributed by atoms with Crippen LogP contribution in [0.1, 0.15) is 5.56 Å². The SMILES string of the molecule is O=C(/C=C/c1ccc(F)cc1)Nc1cncc(Cl)n1. The number of hydrogen-bond acceptors (Lipinski definition) is 3. The lowest BCUT2D eigenvalue weighted by Crippen LogP contribution is -2.09. The fourth-order valence-corrected chi connectivity index (χ4v) is 1.46. The Hall–Kier alpha value is -2.27. The number of anilines is 1. The molecule has 1 aromatic heterocycles. The lowest BCUT2D eigenvalue weighted by atomic mass is 10.2. The number of amides is 1. The Bertz CT molecular complexity index is 614. The lowest BCUT2D eigenvalue weighted by molar-refractivity contribution is -0.111. The predicted octanol–water partition coefficient (Wildman–Crippen LogP) is 2.92. The number of nitrogens with zero attached hydrogens (tertiary/aromatic N) is 2. The minimum atomic E-state index is -0.374. The molecule has 0 bridgehead atoms. The monoisotopic (exact) mass is 277 g/mol. The quantitative estimate of drug-likeness (QED) is 0.878. The summed E-state index contributed by atoms with van der Waals surface area (Å²) in [4.78, 5) is 19.2. The number of halogens is 2. The van der Waals surface area contributed by atoms with E-state index in [-0.39, 0.29) is 22.7 Å². The van der Waals surface area contributed by atoms with Gasteiger partial charge in [-0.3, -0.25) is 9.78 Å². The summed E-state index contributed by atoms with van der Waals surface area (Å²) in [6, 6.07) is 5.77. The summed E-state index contributed by atoms with van der Waals surface area (Å²) >= 11 is 5.64. The molecule has 0 unspecified atom stereocenters. The van der Waals surface area contributed by atoms with Crippen molar-refractivity contribution in [1.29, 1.82) is 0 Å². The molecule has 0 atom stereocenters. The molecule has 2 rings (SSSR count). The van der Waals surface area contributed by atoms with Crippen molar-refractivity contribution < 1.29 is 9.18 Å². The van der Waals surface area contributed by atoms with Crippen LogP contribution < -0.4 is 5.32 Å². The molecule has 0 saturated heterocycles. The molecule has 0 radical (unpaired) electrons. The van der Waals surface area contributed by atoms with Gasteiger partial charge >= 0.3 is 0 Å². The van der Waals surface area contributed by atoms with Crippen LogP contribution in [0.25, 0.3) is 6.08 Å². The highest BCUT2D eigenvalue weighted by atomic mass is 35.5. The van der Waals surface area contributed by atoms with Crippen molar-refractivity contribution in [2.45, 2.75) is 0 Å². The smallest absolute Gasteiger partial charge is 0.249 e. The molecule has 4 nitrogen and oxygen atoms in total. The first-order valence-electron chi connectivity index (χ1n) is 5.36. The fourth-order valence-electron chi connectivity index (χ4n) is 1.32. The lowest BCUT2D eigenvalue weighted by Gasteiger charge is -2.00. The number of aromatic nitrogens is 2. The van der Waals surface area contributed by atoms with Gasteiger partial charge in [0.1, 0.15) is 11.0 Å². The zero-order valence-electron chi connectivity index (χ0n) is 9.68. The third-order valence-electron chi connectivity index (χ3n) is 2.15. The highest BCUT2D eigenvalue weighted by Crippen LogP contribution is 2.08. The molecule has 1 amide bonds. The van der Waals surface area contributed by atoms with E-state index in [0.29, 0.717) is 5.56 Å². The van der Waals surface area contributed by atoms with Crippen LogP contribution in [-0.2, 0) is 4.79 Å². The van der Waals surface area contributed by atoms with Crippen LogP contribution in [0.15, 0.2) is 42.7 Å². The zero-order chi connectivity index (χ0) is 13.7. The molecular weight excluding hydrogens is 269 g/mol. The molecule has 1 aromatic carbocycles. The Kier molecular flexibility index (Phi) is 4.20. The van der Waals surface area contributed by atoms with E-state index in [1.165, 1.54) is 30.6 Å². The van der Waals surface area contributed by atoms with Crippen LogP contribution in [0.4, 0.5) is 10.2 Å². The van der Waals surface area contributed by atoms with Crippen molar-refractivity contribution in [1.82, 2.24) is 9.97 Å². The van der Waals surface area contributed by atoms with Crippen LogP contribution in [0.3, 0.4) is 0 Å². The van der Waals surface area contributed by atoms with E-state index in [1.807, 2.05) is 0 Å². The van der Waals surface area contributed by atoms with Crippen molar-refractivity contribution >= 4 is 29.4 Å². The molecule has 1 heterocycles. The van der Waals surface area contributed by atoms with Crippen molar-refractivity contribution in [3.05, 3.63) is 59.3 Å². The third-order valence-corrected chi connectivity index (χ3v) is 2.34. The summed E-state index contributed by atoms with van der Waals surface area (Å²) in [6.45, 7) is 0. The average molecular weight is 278 g/mol. The predicted molar refractivity (Wildman–Crippen MR) is 71.1 cm³/mol. The number of carbonyl (C=O) groups excluding carboxylic acids is 1. The van der Waals surface area contributed by atoms with Gasteiger partial charge in [-0.2, -0.15) is 0 Å². The highest BCUT2D eigenvalue weighted by Gasteiger charge is 2.00. The second-order valence-corrected chi connectivity index (χ2v) is 3.99. The second kappa shape index (κ2) is 6.06. The van der Waals surface area contributed by atoms with Gasteiger partial charge in [-0.05, 0) is 23.8 Å².